The first kappa shape index (κ1) is 18.4. The highest BCUT2D eigenvalue weighted by Gasteiger charge is 2.24. The number of methoxy groups -OCH3 is 3. The Balaban J connectivity index is 1.97. The monoisotopic (exact) mass is 336 g/mol. The predicted molar refractivity (Wildman–Crippen MR) is 93.0 cm³/mol. The molecule has 6 nitrogen and oxygen atoms in total. The van der Waals surface area contributed by atoms with E-state index in [4.69, 9.17) is 14.2 Å². The van der Waals surface area contributed by atoms with Gasteiger partial charge in [-0.2, -0.15) is 0 Å². The van der Waals surface area contributed by atoms with Crippen LogP contribution in [0, 0.1) is 5.92 Å². The minimum absolute atomic E-state index is 0.0981. The van der Waals surface area contributed by atoms with E-state index in [1.54, 1.807) is 21.3 Å². The van der Waals surface area contributed by atoms with Gasteiger partial charge in [0.25, 0.3) is 0 Å². The first-order valence-corrected chi connectivity index (χ1v) is 8.39. The van der Waals surface area contributed by atoms with Crippen LogP contribution in [0.3, 0.4) is 0 Å². The van der Waals surface area contributed by atoms with Crippen molar-refractivity contribution in [3.63, 3.8) is 0 Å². The van der Waals surface area contributed by atoms with Gasteiger partial charge in [-0.25, -0.2) is 0 Å². The summed E-state index contributed by atoms with van der Waals surface area (Å²) in [4.78, 5) is 12.3. The summed E-state index contributed by atoms with van der Waals surface area (Å²) in [6.45, 7) is 3.57. The number of rotatable bonds is 7. The Labute approximate surface area is 143 Å². The molecule has 0 bridgehead atoms. The number of hydrogen-bond donors (Lipinski definition) is 2. The van der Waals surface area contributed by atoms with Crippen LogP contribution in [-0.2, 0) is 11.2 Å². The summed E-state index contributed by atoms with van der Waals surface area (Å²) in [7, 11) is 4.84. The maximum absolute atomic E-state index is 12.3. The molecule has 0 radical (unpaired) electrons. The summed E-state index contributed by atoms with van der Waals surface area (Å²) in [6, 6.07) is 4.05. The topological polar surface area (TPSA) is 68.8 Å². The minimum atomic E-state index is 0.0981. The largest absolute Gasteiger partial charge is 0.496 e. The van der Waals surface area contributed by atoms with Crippen LogP contribution >= 0.6 is 0 Å². The number of carbonyl (C=O) groups excluding carboxylic acids is 1. The van der Waals surface area contributed by atoms with Gasteiger partial charge in [-0.05, 0) is 32.7 Å². The molecule has 1 aliphatic heterocycles. The Morgan fingerprint density at radius 1 is 1.21 bits per heavy atom. The van der Waals surface area contributed by atoms with Gasteiger partial charge in [0.15, 0.2) is 0 Å². The Morgan fingerprint density at radius 3 is 2.42 bits per heavy atom. The van der Waals surface area contributed by atoms with Gasteiger partial charge in [0, 0.05) is 36.2 Å². The summed E-state index contributed by atoms with van der Waals surface area (Å²) in [5, 5.41) is 6.41. The van der Waals surface area contributed by atoms with Crippen molar-refractivity contribution in [3.8, 4) is 17.2 Å². The smallest absolute Gasteiger partial charge is 0.223 e. The van der Waals surface area contributed by atoms with Crippen LogP contribution in [0.5, 0.6) is 17.2 Å². The van der Waals surface area contributed by atoms with Crippen LogP contribution in [-0.4, -0.2) is 46.4 Å². The molecule has 1 heterocycles. The van der Waals surface area contributed by atoms with E-state index < -0.39 is 0 Å². The Kier molecular flexibility index (Phi) is 6.73. The SMILES string of the molecule is COc1cc(OC)c(CCNC(=O)[C@H]2CCN[C@@H](C)C2)c(OC)c1. The lowest BCUT2D eigenvalue weighted by molar-refractivity contribution is -0.126. The highest BCUT2D eigenvalue weighted by molar-refractivity contribution is 5.78. The average Bonchev–Trinajstić information content (AvgIpc) is 2.61. The van der Waals surface area contributed by atoms with Crippen LogP contribution < -0.4 is 24.8 Å². The van der Waals surface area contributed by atoms with Gasteiger partial charge in [0.05, 0.1) is 21.3 Å². The van der Waals surface area contributed by atoms with E-state index in [1.165, 1.54) is 0 Å². The maximum Gasteiger partial charge on any atom is 0.223 e. The molecular weight excluding hydrogens is 308 g/mol. The number of piperidine rings is 1. The number of nitrogens with one attached hydrogen (secondary N) is 2. The molecule has 1 saturated heterocycles. The molecule has 1 amide bonds. The van der Waals surface area contributed by atoms with Crippen LogP contribution in [0.1, 0.15) is 25.3 Å². The van der Waals surface area contributed by atoms with Crippen LogP contribution in [0.2, 0.25) is 0 Å². The Bertz CT molecular complexity index is 537. The first-order valence-electron chi connectivity index (χ1n) is 8.39. The highest BCUT2D eigenvalue weighted by Crippen LogP contribution is 2.34. The molecule has 134 valence electrons. The summed E-state index contributed by atoms with van der Waals surface area (Å²) in [5.41, 5.74) is 0.930. The van der Waals surface area contributed by atoms with Gasteiger partial charge in [0.1, 0.15) is 17.2 Å². The third-order valence-electron chi connectivity index (χ3n) is 4.49. The highest BCUT2D eigenvalue weighted by atomic mass is 16.5. The van der Waals surface area contributed by atoms with Gasteiger partial charge in [0.2, 0.25) is 5.91 Å². The molecule has 2 atom stereocenters. The maximum atomic E-state index is 12.3. The van der Waals surface area contributed by atoms with Gasteiger partial charge < -0.3 is 24.8 Å². The van der Waals surface area contributed by atoms with Gasteiger partial charge in [-0.15, -0.1) is 0 Å². The normalized spacial score (nSPS) is 20.3. The molecule has 2 N–H and O–H groups in total. The average molecular weight is 336 g/mol. The van der Waals surface area contributed by atoms with Gasteiger partial charge in [-0.1, -0.05) is 0 Å². The number of amides is 1. The summed E-state index contributed by atoms with van der Waals surface area (Å²) in [6.07, 6.45) is 2.43. The molecule has 6 heteroatoms. The second kappa shape index (κ2) is 8.78. The molecule has 1 aliphatic rings. The van der Waals surface area contributed by atoms with E-state index in [-0.39, 0.29) is 11.8 Å². The van der Waals surface area contributed by atoms with Crippen molar-refractivity contribution >= 4 is 5.91 Å². The second-order valence-electron chi connectivity index (χ2n) is 6.13. The third-order valence-corrected chi connectivity index (χ3v) is 4.49. The van der Waals surface area contributed by atoms with E-state index in [9.17, 15) is 4.79 Å². The molecule has 0 spiro atoms. The van der Waals surface area contributed by atoms with Crippen LogP contribution in [0.4, 0.5) is 0 Å². The molecule has 2 rings (SSSR count). The van der Waals surface area contributed by atoms with Crippen molar-refractivity contribution in [3.05, 3.63) is 17.7 Å². The Morgan fingerprint density at radius 2 is 1.88 bits per heavy atom. The molecule has 0 saturated carbocycles. The third kappa shape index (κ3) is 4.54. The predicted octanol–water partition coefficient (Wildman–Crippen LogP) is 1.76. The standard InChI is InChI=1S/C18H28N2O4/c1-12-9-13(5-7-19-12)18(21)20-8-6-15-16(23-3)10-14(22-2)11-17(15)24-4/h10-13,19H,5-9H2,1-4H3,(H,20,21)/t12-,13-/m0/s1. The van der Waals surface area contributed by atoms with E-state index in [1.807, 2.05) is 12.1 Å². The molecule has 0 aliphatic carbocycles. The van der Waals surface area contributed by atoms with E-state index in [2.05, 4.69) is 17.6 Å². The lowest BCUT2D eigenvalue weighted by atomic mass is 9.92. The fourth-order valence-electron chi connectivity index (χ4n) is 3.15. The van der Waals surface area contributed by atoms with Gasteiger partial charge >= 0.3 is 0 Å². The van der Waals surface area contributed by atoms with E-state index >= 15 is 0 Å². The lowest BCUT2D eigenvalue weighted by Gasteiger charge is -2.27. The van der Waals surface area contributed by atoms with Crippen molar-refractivity contribution in [1.82, 2.24) is 10.6 Å². The zero-order chi connectivity index (χ0) is 17.5. The quantitative estimate of drug-likeness (QED) is 0.794. The van der Waals surface area contributed by atoms with Crippen molar-refractivity contribution in [2.24, 2.45) is 5.92 Å². The zero-order valence-electron chi connectivity index (χ0n) is 15.0. The first-order chi connectivity index (χ1) is 11.6. The van der Waals surface area contributed by atoms with Gasteiger partial charge in [-0.3, -0.25) is 4.79 Å². The van der Waals surface area contributed by atoms with Crippen LogP contribution in [0.15, 0.2) is 12.1 Å². The molecule has 0 aromatic heterocycles. The Hall–Kier alpha value is -1.95. The second-order valence-corrected chi connectivity index (χ2v) is 6.13. The fourth-order valence-corrected chi connectivity index (χ4v) is 3.15. The van der Waals surface area contributed by atoms with E-state index in [0.29, 0.717) is 36.3 Å². The van der Waals surface area contributed by atoms with Crippen molar-refractivity contribution in [2.45, 2.75) is 32.2 Å². The lowest BCUT2D eigenvalue weighted by Crippen LogP contribution is -2.42. The molecule has 1 aromatic rings. The number of ether oxygens (including phenoxy) is 3. The molecule has 24 heavy (non-hydrogen) atoms. The molecule has 1 fully saturated rings. The minimum Gasteiger partial charge on any atom is -0.496 e. The van der Waals surface area contributed by atoms with Crippen molar-refractivity contribution < 1.29 is 19.0 Å². The fraction of sp³-hybridized carbons (Fsp3) is 0.611. The van der Waals surface area contributed by atoms with E-state index in [0.717, 1.165) is 24.9 Å². The van der Waals surface area contributed by atoms with Crippen molar-refractivity contribution in [2.75, 3.05) is 34.4 Å². The zero-order valence-corrected chi connectivity index (χ0v) is 15.0. The number of carbonyl (C=O) groups is 1. The van der Waals surface area contributed by atoms with Crippen LogP contribution in [0.25, 0.3) is 0 Å². The summed E-state index contributed by atoms with van der Waals surface area (Å²) >= 11 is 0. The summed E-state index contributed by atoms with van der Waals surface area (Å²) < 4.78 is 16.1. The number of hydrogen-bond acceptors (Lipinski definition) is 5. The molecular formula is C18H28N2O4. The summed E-state index contributed by atoms with van der Waals surface area (Å²) in [5.74, 6) is 2.32. The molecule has 1 aromatic carbocycles. The molecule has 0 unspecified atom stereocenters. The van der Waals surface area contributed by atoms with Crippen molar-refractivity contribution in [1.29, 1.82) is 0 Å². The number of benzene rings is 1.